The standard InChI is InChI=1S/C24H30FN7O/c1-15-9-17(10-16(2)20(15)5-3-4-7-31-8-6-19(25)14-31)21-12-28-22(26)24(30-21)32-13-18(11-29-32)23(27)33/h9-13,19H,3-8,14H2,1-2H3,(H2,26,28)(H2,27,33)/t19-/m1/s1. The van der Waals surface area contributed by atoms with Crippen LogP contribution >= 0.6 is 0 Å². The Kier molecular flexibility index (Phi) is 6.69. The van der Waals surface area contributed by atoms with E-state index in [9.17, 15) is 9.18 Å². The highest BCUT2D eigenvalue weighted by Gasteiger charge is 2.21. The topological polar surface area (TPSA) is 116 Å². The van der Waals surface area contributed by atoms with Crippen LogP contribution in [0.15, 0.2) is 30.7 Å². The van der Waals surface area contributed by atoms with E-state index < -0.39 is 12.1 Å². The minimum atomic E-state index is -0.655. The molecule has 0 bridgehead atoms. The van der Waals surface area contributed by atoms with Crippen molar-refractivity contribution in [3.8, 4) is 17.1 Å². The molecule has 174 valence electrons. The van der Waals surface area contributed by atoms with Crippen molar-refractivity contribution < 1.29 is 9.18 Å². The number of benzene rings is 1. The predicted molar refractivity (Wildman–Crippen MR) is 126 cm³/mol. The maximum absolute atomic E-state index is 13.3. The molecule has 1 aliphatic heterocycles. The number of alkyl halides is 1. The fourth-order valence-corrected chi connectivity index (χ4v) is 4.42. The van der Waals surface area contributed by atoms with Crippen LogP contribution in [0.2, 0.25) is 0 Å². The second-order valence-corrected chi connectivity index (χ2v) is 8.73. The van der Waals surface area contributed by atoms with Crippen molar-refractivity contribution in [1.82, 2.24) is 24.6 Å². The summed E-state index contributed by atoms with van der Waals surface area (Å²) in [4.78, 5) is 22.5. The number of anilines is 1. The van der Waals surface area contributed by atoms with Crippen molar-refractivity contribution in [3.63, 3.8) is 0 Å². The van der Waals surface area contributed by atoms with Gasteiger partial charge in [-0.25, -0.2) is 19.0 Å². The number of amides is 1. The fourth-order valence-electron chi connectivity index (χ4n) is 4.42. The monoisotopic (exact) mass is 451 g/mol. The van der Waals surface area contributed by atoms with E-state index in [1.54, 1.807) is 6.20 Å². The molecule has 0 unspecified atom stereocenters. The van der Waals surface area contributed by atoms with Crippen LogP contribution < -0.4 is 11.5 Å². The molecule has 9 heteroatoms. The second-order valence-electron chi connectivity index (χ2n) is 8.73. The van der Waals surface area contributed by atoms with Crippen LogP contribution in [0, 0.1) is 13.8 Å². The number of carbonyl (C=O) groups excluding carboxylic acids is 1. The van der Waals surface area contributed by atoms with Gasteiger partial charge in [0, 0.05) is 24.8 Å². The predicted octanol–water partition coefficient (Wildman–Crippen LogP) is 2.99. The van der Waals surface area contributed by atoms with Crippen LogP contribution in [0.1, 0.15) is 46.3 Å². The summed E-state index contributed by atoms with van der Waals surface area (Å²) < 4.78 is 14.7. The van der Waals surface area contributed by atoms with Crippen molar-refractivity contribution in [2.24, 2.45) is 5.73 Å². The first-order chi connectivity index (χ1) is 15.8. The van der Waals surface area contributed by atoms with Gasteiger partial charge >= 0.3 is 0 Å². The Morgan fingerprint density at radius 2 is 1.97 bits per heavy atom. The Labute approximate surface area is 192 Å². The number of nitrogen functional groups attached to an aromatic ring is 1. The van der Waals surface area contributed by atoms with Crippen molar-refractivity contribution in [2.75, 3.05) is 25.4 Å². The van der Waals surface area contributed by atoms with Gasteiger partial charge in [0.05, 0.1) is 23.7 Å². The van der Waals surface area contributed by atoms with E-state index in [0.717, 1.165) is 37.9 Å². The number of rotatable bonds is 8. The summed E-state index contributed by atoms with van der Waals surface area (Å²) in [6.07, 6.45) is 7.64. The first-order valence-corrected chi connectivity index (χ1v) is 11.3. The number of likely N-dealkylation sites (tertiary alicyclic amines) is 1. The minimum Gasteiger partial charge on any atom is -0.381 e. The molecule has 2 aromatic heterocycles. The van der Waals surface area contributed by atoms with Gasteiger partial charge in [0.1, 0.15) is 6.17 Å². The lowest BCUT2D eigenvalue weighted by Gasteiger charge is -2.16. The number of nitrogens with zero attached hydrogens (tertiary/aromatic N) is 5. The van der Waals surface area contributed by atoms with Crippen LogP contribution in [-0.2, 0) is 6.42 Å². The molecule has 1 atom stereocenters. The number of primary amides is 1. The highest BCUT2D eigenvalue weighted by molar-refractivity contribution is 5.92. The van der Waals surface area contributed by atoms with E-state index in [0.29, 0.717) is 24.5 Å². The molecule has 4 N–H and O–H groups in total. The van der Waals surface area contributed by atoms with Gasteiger partial charge < -0.3 is 16.4 Å². The van der Waals surface area contributed by atoms with Gasteiger partial charge in [0.2, 0.25) is 0 Å². The number of hydrogen-bond acceptors (Lipinski definition) is 6. The third-order valence-electron chi connectivity index (χ3n) is 6.22. The van der Waals surface area contributed by atoms with Crippen molar-refractivity contribution in [3.05, 3.63) is 53.0 Å². The molecule has 1 aliphatic rings. The van der Waals surface area contributed by atoms with Crippen LogP contribution in [0.5, 0.6) is 0 Å². The molecule has 3 aromatic rings. The van der Waals surface area contributed by atoms with Crippen LogP contribution in [0.3, 0.4) is 0 Å². The molecule has 0 spiro atoms. The SMILES string of the molecule is Cc1cc(-c2cnc(N)c(-n3cc(C(N)=O)cn3)n2)cc(C)c1CCCCN1CC[C@@H](F)C1. The number of aromatic nitrogens is 4. The van der Waals surface area contributed by atoms with E-state index in [-0.39, 0.29) is 11.4 Å². The zero-order valence-electron chi connectivity index (χ0n) is 19.1. The molecule has 0 saturated carbocycles. The Morgan fingerprint density at radius 3 is 2.61 bits per heavy atom. The number of halogens is 1. The van der Waals surface area contributed by atoms with Crippen LogP contribution in [-0.4, -0.2) is 56.4 Å². The van der Waals surface area contributed by atoms with Gasteiger partial charge in [-0.3, -0.25) is 4.79 Å². The Balaban J connectivity index is 1.48. The number of unbranched alkanes of at least 4 members (excludes halogenated alkanes) is 1. The van der Waals surface area contributed by atoms with Crippen LogP contribution in [0.4, 0.5) is 10.2 Å². The third-order valence-corrected chi connectivity index (χ3v) is 6.22. The Hall–Kier alpha value is -3.33. The van der Waals surface area contributed by atoms with E-state index in [1.165, 1.54) is 33.8 Å². The largest absolute Gasteiger partial charge is 0.381 e. The number of aryl methyl sites for hydroxylation is 2. The van der Waals surface area contributed by atoms with Crippen LogP contribution in [0.25, 0.3) is 17.1 Å². The maximum Gasteiger partial charge on any atom is 0.251 e. The van der Waals surface area contributed by atoms with Crippen molar-refractivity contribution >= 4 is 11.7 Å². The summed E-state index contributed by atoms with van der Waals surface area (Å²) in [6, 6.07) is 4.22. The highest BCUT2D eigenvalue weighted by atomic mass is 19.1. The van der Waals surface area contributed by atoms with E-state index in [1.807, 2.05) is 0 Å². The molecule has 0 radical (unpaired) electrons. The summed E-state index contributed by atoms with van der Waals surface area (Å²) in [6.45, 7) is 6.64. The molecule has 0 aliphatic carbocycles. The zero-order chi connectivity index (χ0) is 23.5. The summed E-state index contributed by atoms with van der Waals surface area (Å²) in [5, 5.41) is 4.14. The van der Waals surface area contributed by atoms with E-state index in [4.69, 9.17) is 11.5 Å². The third kappa shape index (κ3) is 5.19. The lowest BCUT2D eigenvalue weighted by atomic mass is 9.94. The summed E-state index contributed by atoms with van der Waals surface area (Å²) in [5.41, 5.74) is 16.9. The lowest BCUT2D eigenvalue weighted by molar-refractivity contribution is 0.100. The normalized spacial score (nSPS) is 16.4. The lowest BCUT2D eigenvalue weighted by Crippen LogP contribution is -2.22. The zero-order valence-corrected chi connectivity index (χ0v) is 19.1. The van der Waals surface area contributed by atoms with Gasteiger partial charge in [-0.05, 0) is 74.9 Å². The first-order valence-electron chi connectivity index (χ1n) is 11.3. The molecule has 33 heavy (non-hydrogen) atoms. The molecule has 1 aromatic carbocycles. The molecule has 4 rings (SSSR count). The molecule has 1 fully saturated rings. The number of hydrogen-bond donors (Lipinski definition) is 2. The quantitative estimate of drug-likeness (QED) is 0.509. The minimum absolute atomic E-state index is 0.208. The molecule has 3 heterocycles. The first kappa shape index (κ1) is 22.8. The maximum atomic E-state index is 13.3. The Morgan fingerprint density at radius 1 is 1.21 bits per heavy atom. The average molecular weight is 452 g/mol. The summed E-state index contributed by atoms with van der Waals surface area (Å²) >= 11 is 0. The summed E-state index contributed by atoms with van der Waals surface area (Å²) in [5.74, 6) is -0.0188. The average Bonchev–Trinajstić information content (AvgIpc) is 3.42. The number of nitrogens with two attached hydrogens (primary N) is 2. The molecular formula is C24H30FN7O. The van der Waals surface area contributed by atoms with E-state index >= 15 is 0 Å². The van der Waals surface area contributed by atoms with Gasteiger partial charge in [0.15, 0.2) is 11.6 Å². The van der Waals surface area contributed by atoms with Gasteiger partial charge in [-0.1, -0.05) is 0 Å². The fraction of sp³-hybridized carbons (Fsp3) is 0.417. The van der Waals surface area contributed by atoms with E-state index in [2.05, 4.69) is 45.9 Å². The van der Waals surface area contributed by atoms with Crippen molar-refractivity contribution in [2.45, 2.75) is 45.7 Å². The van der Waals surface area contributed by atoms with Gasteiger partial charge in [-0.15, -0.1) is 0 Å². The van der Waals surface area contributed by atoms with Gasteiger partial charge in [-0.2, -0.15) is 5.10 Å². The van der Waals surface area contributed by atoms with Crippen molar-refractivity contribution in [1.29, 1.82) is 0 Å². The molecule has 1 saturated heterocycles. The number of carbonyl (C=O) groups is 1. The van der Waals surface area contributed by atoms with Gasteiger partial charge in [0.25, 0.3) is 5.91 Å². The highest BCUT2D eigenvalue weighted by Crippen LogP contribution is 2.27. The smallest absolute Gasteiger partial charge is 0.251 e. The molecule has 8 nitrogen and oxygen atoms in total. The Bertz CT molecular complexity index is 1140. The molecule has 1 amide bonds. The molecular weight excluding hydrogens is 421 g/mol. The summed E-state index contributed by atoms with van der Waals surface area (Å²) in [7, 11) is 0. The second kappa shape index (κ2) is 9.66.